The molecule has 104 valence electrons. The highest BCUT2D eigenvalue weighted by atomic mass is 32.1. The summed E-state index contributed by atoms with van der Waals surface area (Å²) in [6, 6.07) is 0.178. The normalized spacial score (nSPS) is 24.3. The molecule has 0 spiro atoms. The van der Waals surface area contributed by atoms with E-state index in [0.717, 1.165) is 16.5 Å². The van der Waals surface area contributed by atoms with E-state index in [0.29, 0.717) is 13.2 Å². The van der Waals surface area contributed by atoms with Crippen molar-refractivity contribution < 1.29 is 14.9 Å². The molecule has 0 aliphatic carbocycles. The third-order valence-corrected chi connectivity index (χ3v) is 4.23. The Morgan fingerprint density at radius 3 is 3.11 bits per heavy atom. The monoisotopic (exact) mass is 283 g/mol. The van der Waals surface area contributed by atoms with Crippen LogP contribution in [-0.4, -0.2) is 51.5 Å². The van der Waals surface area contributed by atoms with E-state index in [4.69, 9.17) is 4.74 Å². The molecule has 2 N–H and O–H groups in total. The van der Waals surface area contributed by atoms with Crippen molar-refractivity contribution in [3.05, 3.63) is 17.3 Å². The molecule has 6 nitrogen and oxygen atoms in total. The number of aliphatic hydroxyl groups excluding tert-OH is 2. The van der Waals surface area contributed by atoms with Crippen LogP contribution in [-0.2, 0) is 11.3 Å². The Kier molecular flexibility index (Phi) is 3.44. The van der Waals surface area contributed by atoms with E-state index >= 15 is 0 Å². The number of imidazole rings is 1. The molecular weight excluding hydrogens is 266 g/mol. The third-order valence-electron chi connectivity index (χ3n) is 3.47. The van der Waals surface area contributed by atoms with Crippen molar-refractivity contribution in [2.75, 3.05) is 24.7 Å². The molecule has 7 heteroatoms. The van der Waals surface area contributed by atoms with Gasteiger partial charge in [0.2, 0.25) is 0 Å². The van der Waals surface area contributed by atoms with Crippen LogP contribution in [0.4, 0.5) is 5.82 Å². The first kappa shape index (κ1) is 12.9. The Labute approximate surface area is 114 Å². The number of aromatic nitrogens is 2. The highest BCUT2D eigenvalue weighted by Crippen LogP contribution is 2.28. The minimum Gasteiger partial charge on any atom is -0.394 e. The van der Waals surface area contributed by atoms with Gasteiger partial charge >= 0.3 is 0 Å². The Bertz CT molecular complexity index is 568. The van der Waals surface area contributed by atoms with E-state index < -0.39 is 0 Å². The fraction of sp³-hybridized carbons (Fsp3) is 0.583. The van der Waals surface area contributed by atoms with Crippen molar-refractivity contribution in [2.24, 2.45) is 0 Å². The lowest BCUT2D eigenvalue weighted by Gasteiger charge is -2.38. The van der Waals surface area contributed by atoms with Gasteiger partial charge in [0.15, 0.2) is 10.8 Å². The SMILES string of the molecule is CC1COC(CO)CN1c1nc2sccn2c1CO. The van der Waals surface area contributed by atoms with E-state index in [1.807, 2.05) is 16.0 Å². The smallest absolute Gasteiger partial charge is 0.195 e. The van der Waals surface area contributed by atoms with E-state index in [9.17, 15) is 10.2 Å². The predicted octanol–water partition coefficient (Wildman–Crippen LogP) is 0.474. The molecule has 3 heterocycles. The van der Waals surface area contributed by atoms with Gasteiger partial charge in [-0.05, 0) is 6.92 Å². The van der Waals surface area contributed by atoms with Gasteiger partial charge in [0.1, 0.15) is 0 Å². The molecule has 0 amide bonds. The summed E-state index contributed by atoms with van der Waals surface area (Å²) in [5.41, 5.74) is 0.793. The first-order chi connectivity index (χ1) is 9.24. The lowest BCUT2D eigenvalue weighted by atomic mass is 10.2. The summed E-state index contributed by atoms with van der Waals surface area (Å²) >= 11 is 1.54. The van der Waals surface area contributed by atoms with Gasteiger partial charge < -0.3 is 19.8 Å². The van der Waals surface area contributed by atoms with Crippen molar-refractivity contribution in [1.82, 2.24) is 9.38 Å². The van der Waals surface area contributed by atoms with E-state index in [1.54, 1.807) is 11.3 Å². The maximum Gasteiger partial charge on any atom is 0.195 e. The van der Waals surface area contributed by atoms with Gasteiger partial charge in [-0.3, -0.25) is 4.40 Å². The molecule has 2 aromatic heterocycles. The van der Waals surface area contributed by atoms with Crippen molar-refractivity contribution in [3.63, 3.8) is 0 Å². The number of aliphatic hydroxyl groups is 2. The fourth-order valence-electron chi connectivity index (χ4n) is 2.42. The van der Waals surface area contributed by atoms with Crippen LogP contribution >= 0.6 is 11.3 Å². The number of fused-ring (bicyclic) bond motifs is 1. The molecule has 1 aliphatic rings. The van der Waals surface area contributed by atoms with Crippen molar-refractivity contribution in [2.45, 2.75) is 25.7 Å². The average molecular weight is 283 g/mol. The molecule has 1 aliphatic heterocycles. The van der Waals surface area contributed by atoms with Crippen LogP contribution in [0.5, 0.6) is 0 Å². The first-order valence-corrected chi connectivity index (χ1v) is 7.17. The number of nitrogens with zero attached hydrogens (tertiary/aromatic N) is 3. The molecule has 0 saturated carbocycles. The minimum atomic E-state index is -0.192. The van der Waals surface area contributed by atoms with Gasteiger partial charge in [0.25, 0.3) is 0 Å². The molecule has 2 atom stereocenters. The van der Waals surface area contributed by atoms with Crippen molar-refractivity contribution in [3.8, 4) is 0 Å². The maximum absolute atomic E-state index is 9.60. The molecule has 2 aromatic rings. The molecule has 19 heavy (non-hydrogen) atoms. The number of hydrogen-bond acceptors (Lipinski definition) is 6. The average Bonchev–Trinajstić information content (AvgIpc) is 2.99. The predicted molar refractivity (Wildman–Crippen MR) is 72.6 cm³/mol. The van der Waals surface area contributed by atoms with E-state index in [-0.39, 0.29) is 25.4 Å². The highest BCUT2D eigenvalue weighted by molar-refractivity contribution is 7.15. The van der Waals surface area contributed by atoms with Crippen LogP contribution in [0.15, 0.2) is 11.6 Å². The fourth-order valence-corrected chi connectivity index (χ4v) is 3.15. The zero-order valence-electron chi connectivity index (χ0n) is 10.7. The summed E-state index contributed by atoms with van der Waals surface area (Å²) in [6.45, 7) is 3.15. The van der Waals surface area contributed by atoms with Gasteiger partial charge in [-0.2, -0.15) is 0 Å². The quantitative estimate of drug-likeness (QED) is 0.857. The van der Waals surface area contributed by atoms with Crippen LogP contribution in [0, 0.1) is 0 Å². The van der Waals surface area contributed by atoms with Gasteiger partial charge in [-0.25, -0.2) is 4.98 Å². The van der Waals surface area contributed by atoms with Crippen LogP contribution < -0.4 is 4.90 Å². The van der Waals surface area contributed by atoms with Gasteiger partial charge in [0.05, 0.1) is 37.7 Å². The summed E-state index contributed by atoms with van der Waals surface area (Å²) in [4.78, 5) is 7.58. The molecule has 0 radical (unpaired) electrons. The lowest BCUT2D eigenvalue weighted by Crippen LogP contribution is -2.50. The minimum absolute atomic E-state index is 0.000102. The van der Waals surface area contributed by atoms with E-state index in [2.05, 4.69) is 16.8 Å². The number of rotatable bonds is 3. The summed E-state index contributed by atoms with van der Waals surface area (Å²) in [5.74, 6) is 0.795. The summed E-state index contributed by atoms with van der Waals surface area (Å²) in [5, 5.41) is 20.8. The van der Waals surface area contributed by atoms with Crippen LogP contribution in [0.2, 0.25) is 0 Å². The number of morpholine rings is 1. The Morgan fingerprint density at radius 2 is 2.37 bits per heavy atom. The summed E-state index contributed by atoms with van der Waals surface area (Å²) < 4.78 is 7.45. The van der Waals surface area contributed by atoms with Crippen molar-refractivity contribution >= 4 is 22.1 Å². The Balaban J connectivity index is 1.99. The van der Waals surface area contributed by atoms with Crippen LogP contribution in [0.25, 0.3) is 4.96 Å². The number of anilines is 1. The molecule has 0 bridgehead atoms. The topological polar surface area (TPSA) is 70.2 Å². The van der Waals surface area contributed by atoms with Gasteiger partial charge in [0, 0.05) is 18.1 Å². The second kappa shape index (κ2) is 5.09. The van der Waals surface area contributed by atoms with Crippen LogP contribution in [0.1, 0.15) is 12.6 Å². The Hall–Kier alpha value is -1.15. The Morgan fingerprint density at radius 1 is 1.53 bits per heavy atom. The molecule has 3 rings (SSSR count). The molecule has 0 aromatic carbocycles. The standard InChI is InChI=1S/C12H17N3O3S/c1-8-7-18-9(5-16)4-15(8)11-10(6-17)14-2-3-19-12(14)13-11/h2-3,8-9,16-17H,4-7H2,1H3. The van der Waals surface area contributed by atoms with Crippen molar-refractivity contribution in [1.29, 1.82) is 0 Å². The molecule has 1 fully saturated rings. The largest absolute Gasteiger partial charge is 0.394 e. The third kappa shape index (κ3) is 2.12. The molecule has 2 unspecified atom stereocenters. The number of hydrogen-bond donors (Lipinski definition) is 2. The van der Waals surface area contributed by atoms with Gasteiger partial charge in [-0.15, -0.1) is 11.3 Å². The molecule has 1 saturated heterocycles. The number of thiazole rings is 1. The number of ether oxygens (including phenoxy) is 1. The second-order valence-electron chi connectivity index (χ2n) is 4.74. The second-order valence-corrected chi connectivity index (χ2v) is 5.61. The maximum atomic E-state index is 9.60. The molecular formula is C12H17N3O3S. The van der Waals surface area contributed by atoms with E-state index in [1.165, 1.54) is 0 Å². The lowest BCUT2D eigenvalue weighted by molar-refractivity contribution is -0.0106. The highest BCUT2D eigenvalue weighted by Gasteiger charge is 2.29. The zero-order chi connectivity index (χ0) is 13.4. The van der Waals surface area contributed by atoms with Gasteiger partial charge in [-0.1, -0.05) is 0 Å². The summed E-state index contributed by atoms with van der Waals surface area (Å²) in [6.07, 6.45) is 1.72. The van der Waals surface area contributed by atoms with Crippen LogP contribution in [0.3, 0.4) is 0 Å². The zero-order valence-corrected chi connectivity index (χ0v) is 11.5. The summed E-state index contributed by atoms with van der Waals surface area (Å²) in [7, 11) is 0. The first-order valence-electron chi connectivity index (χ1n) is 6.29.